The van der Waals surface area contributed by atoms with Crippen molar-refractivity contribution >= 4 is 0 Å². The predicted octanol–water partition coefficient (Wildman–Crippen LogP) is 1.38. The number of nitrogens with zero attached hydrogens (tertiary/aromatic N) is 1. The van der Waals surface area contributed by atoms with E-state index in [0.717, 1.165) is 13.0 Å². The molecule has 2 nitrogen and oxygen atoms in total. The summed E-state index contributed by atoms with van der Waals surface area (Å²) in [7, 11) is 2.20. The van der Waals surface area contributed by atoms with Gasteiger partial charge in [-0.2, -0.15) is 0 Å². The minimum Gasteiger partial charge on any atom is -0.330 e. The summed E-state index contributed by atoms with van der Waals surface area (Å²) in [4.78, 5) is 2.41. The normalized spacial score (nSPS) is 24.3. The van der Waals surface area contributed by atoms with E-state index in [1.807, 2.05) is 0 Å². The molecule has 1 heterocycles. The molecule has 0 radical (unpaired) electrons. The molecule has 12 heavy (non-hydrogen) atoms. The maximum atomic E-state index is 5.46. The third-order valence-corrected chi connectivity index (χ3v) is 2.45. The van der Waals surface area contributed by atoms with Gasteiger partial charge < -0.3 is 10.6 Å². The van der Waals surface area contributed by atoms with Crippen molar-refractivity contribution in [3.05, 3.63) is 11.6 Å². The van der Waals surface area contributed by atoms with Crippen LogP contribution in [-0.2, 0) is 0 Å². The summed E-state index contributed by atoms with van der Waals surface area (Å²) in [6, 6.07) is 0. The van der Waals surface area contributed by atoms with E-state index in [9.17, 15) is 0 Å². The predicted molar refractivity (Wildman–Crippen MR) is 53.1 cm³/mol. The lowest BCUT2D eigenvalue weighted by atomic mass is 10.1. The molecule has 2 heteroatoms. The summed E-state index contributed by atoms with van der Waals surface area (Å²) in [6.07, 6.45) is 7.23. The quantitative estimate of drug-likeness (QED) is 0.631. The van der Waals surface area contributed by atoms with Crippen LogP contribution in [0.15, 0.2) is 11.6 Å². The van der Waals surface area contributed by atoms with E-state index in [0.29, 0.717) is 0 Å². The van der Waals surface area contributed by atoms with Gasteiger partial charge in [0.25, 0.3) is 0 Å². The molecule has 0 aromatic carbocycles. The number of likely N-dealkylation sites (tertiary alicyclic amines) is 1. The van der Waals surface area contributed by atoms with Gasteiger partial charge in [0.05, 0.1) is 0 Å². The first-order valence-corrected chi connectivity index (χ1v) is 4.89. The van der Waals surface area contributed by atoms with Crippen molar-refractivity contribution in [2.24, 2.45) is 5.73 Å². The van der Waals surface area contributed by atoms with E-state index in [1.165, 1.54) is 32.4 Å². The van der Waals surface area contributed by atoms with Gasteiger partial charge >= 0.3 is 0 Å². The Kier molecular flexibility index (Phi) is 4.33. The van der Waals surface area contributed by atoms with E-state index in [2.05, 4.69) is 18.0 Å². The van der Waals surface area contributed by atoms with Gasteiger partial charge in [-0.3, -0.25) is 0 Å². The molecule has 1 fully saturated rings. The van der Waals surface area contributed by atoms with Crippen LogP contribution < -0.4 is 5.73 Å². The summed E-state index contributed by atoms with van der Waals surface area (Å²) in [6.45, 7) is 3.26. The second-order valence-corrected chi connectivity index (χ2v) is 3.60. The second-order valence-electron chi connectivity index (χ2n) is 3.60. The minimum atomic E-state index is 0.791. The Balaban J connectivity index is 2.35. The van der Waals surface area contributed by atoms with Crippen LogP contribution in [0.25, 0.3) is 0 Å². The molecule has 0 saturated carbocycles. The van der Waals surface area contributed by atoms with Crippen LogP contribution >= 0.6 is 0 Å². The molecule has 0 aliphatic carbocycles. The SMILES string of the molecule is CN1CCC/C(=C\CCN)CC1. The Bertz CT molecular complexity index is 152. The molecule has 0 aromatic rings. The summed E-state index contributed by atoms with van der Waals surface area (Å²) in [5.74, 6) is 0. The van der Waals surface area contributed by atoms with Crippen LogP contribution in [0.5, 0.6) is 0 Å². The molecule has 1 aliphatic heterocycles. The largest absolute Gasteiger partial charge is 0.330 e. The van der Waals surface area contributed by atoms with Gasteiger partial charge in [-0.25, -0.2) is 0 Å². The second kappa shape index (κ2) is 5.33. The lowest BCUT2D eigenvalue weighted by Gasteiger charge is -2.10. The number of hydrogen-bond donors (Lipinski definition) is 1. The van der Waals surface area contributed by atoms with Crippen LogP contribution in [0.1, 0.15) is 25.7 Å². The van der Waals surface area contributed by atoms with Gasteiger partial charge in [0.2, 0.25) is 0 Å². The van der Waals surface area contributed by atoms with Crippen LogP contribution in [-0.4, -0.2) is 31.6 Å². The van der Waals surface area contributed by atoms with E-state index in [-0.39, 0.29) is 0 Å². The third kappa shape index (κ3) is 3.37. The fraction of sp³-hybridized carbons (Fsp3) is 0.800. The Morgan fingerprint density at radius 2 is 2.25 bits per heavy atom. The highest BCUT2D eigenvalue weighted by Gasteiger charge is 2.06. The zero-order valence-electron chi connectivity index (χ0n) is 8.05. The smallest absolute Gasteiger partial charge is 0.00155 e. The molecule has 70 valence electrons. The summed E-state index contributed by atoms with van der Waals surface area (Å²) in [5, 5.41) is 0. The highest BCUT2D eigenvalue weighted by molar-refractivity contribution is 5.03. The molecule has 0 bridgehead atoms. The average molecular weight is 168 g/mol. The van der Waals surface area contributed by atoms with Crippen molar-refractivity contribution in [1.29, 1.82) is 0 Å². The molecule has 0 aromatic heterocycles. The van der Waals surface area contributed by atoms with Crippen molar-refractivity contribution in [1.82, 2.24) is 4.90 Å². The van der Waals surface area contributed by atoms with E-state index in [1.54, 1.807) is 5.57 Å². The third-order valence-electron chi connectivity index (χ3n) is 2.45. The molecule has 1 aliphatic rings. The molecule has 0 atom stereocenters. The zero-order valence-corrected chi connectivity index (χ0v) is 8.05. The fourth-order valence-electron chi connectivity index (χ4n) is 1.64. The molecule has 2 N–H and O–H groups in total. The molecule has 1 rings (SSSR count). The maximum Gasteiger partial charge on any atom is 0.00155 e. The Morgan fingerprint density at radius 1 is 1.42 bits per heavy atom. The van der Waals surface area contributed by atoms with Gasteiger partial charge in [-0.15, -0.1) is 0 Å². The van der Waals surface area contributed by atoms with Crippen LogP contribution in [0.3, 0.4) is 0 Å². The summed E-state index contributed by atoms with van der Waals surface area (Å²) < 4.78 is 0. The number of rotatable bonds is 2. The maximum absolute atomic E-state index is 5.46. The van der Waals surface area contributed by atoms with Gasteiger partial charge in [0.15, 0.2) is 0 Å². The molecular formula is C10H20N2. The standard InChI is InChI=1S/C10H20N2/c1-12-8-3-5-10(6-9-12)4-2-7-11/h4H,2-3,5-9,11H2,1H3/b10-4+. The number of hydrogen-bond acceptors (Lipinski definition) is 2. The molecule has 0 spiro atoms. The minimum absolute atomic E-state index is 0.791. The van der Waals surface area contributed by atoms with Crippen molar-refractivity contribution in [3.63, 3.8) is 0 Å². The first-order chi connectivity index (χ1) is 5.83. The van der Waals surface area contributed by atoms with Crippen molar-refractivity contribution < 1.29 is 0 Å². The summed E-state index contributed by atoms with van der Waals surface area (Å²) in [5.41, 5.74) is 7.07. The highest BCUT2D eigenvalue weighted by Crippen LogP contribution is 2.15. The topological polar surface area (TPSA) is 29.3 Å². The summed E-state index contributed by atoms with van der Waals surface area (Å²) >= 11 is 0. The first kappa shape index (κ1) is 9.75. The monoisotopic (exact) mass is 168 g/mol. The van der Waals surface area contributed by atoms with Crippen molar-refractivity contribution in [2.75, 3.05) is 26.7 Å². The van der Waals surface area contributed by atoms with Crippen LogP contribution in [0, 0.1) is 0 Å². The molecule has 0 unspecified atom stereocenters. The van der Waals surface area contributed by atoms with E-state index >= 15 is 0 Å². The Labute approximate surface area is 75.4 Å². The van der Waals surface area contributed by atoms with Crippen LogP contribution in [0.4, 0.5) is 0 Å². The van der Waals surface area contributed by atoms with Gasteiger partial charge in [0.1, 0.15) is 0 Å². The lowest BCUT2D eigenvalue weighted by molar-refractivity contribution is 0.351. The van der Waals surface area contributed by atoms with E-state index < -0.39 is 0 Å². The van der Waals surface area contributed by atoms with E-state index in [4.69, 9.17) is 5.73 Å². The molecule has 0 amide bonds. The van der Waals surface area contributed by atoms with Crippen LogP contribution in [0.2, 0.25) is 0 Å². The lowest BCUT2D eigenvalue weighted by Crippen LogP contribution is -2.18. The Morgan fingerprint density at radius 3 is 3.00 bits per heavy atom. The average Bonchev–Trinajstić information content (AvgIpc) is 2.27. The molecule has 1 saturated heterocycles. The highest BCUT2D eigenvalue weighted by atomic mass is 15.1. The zero-order chi connectivity index (χ0) is 8.81. The van der Waals surface area contributed by atoms with Crippen molar-refractivity contribution in [3.8, 4) is 0 Å². The number of nitrogens with two attached hydrogens (primary N) is 1. The van der Waals surface area contributed by atoms with Gasteiger partial charge in [0, 0.05) is 6.54 Å². The van der Waals surface area contributed by atoms with Gasteiger partial charge in [-0.05, 0) is 45.8 Å². The van der Waals surface area contributed by atoms with Gasteiger partial charge in [-0.1, -0.05) is 11.6 Å². The molecular weight excluding hydrogens is 148 g/mol. The fourth-order valence-corrected chi connectivity index (χ4v) is 1.64. The van der Waals surface area contributed by atoms with Crippen molar-refractivity contribution in [2.45, 2.75) is 25.7 Å². The Hall–Kier alpha value is -0.340. The first-order valence-electron chi connectivity index (χ1n) is 4.89.